The third kappa shape index (κ3) is 3.25. The lowest BCUT2D eigenvalue weighted by atomic mass is 10.1. The molecule has 0 spiro atoms. The van der Waals surface area contributed by atoms with Crippen LogP contribution in [-0.2, 0) is 12.5 Å². The van der Waals surface area contributed by atoms with Crippen LogP contribution < -0.4 is 4.74 Å². The Morgan fingerprint density at radius 1 is 1.15 bits per heavy atom. The fourth-order valence-corrected chi connectivity index (χ4v) is 2.50. The highest BCUT2D eigenvalue weighted by molar-refractivity contribution is 6.30. The lowest BCUT2D eigenvalue weighted by Gasteiger charge is -2.14. The number of aryl methyl sites for hydroxylation is 2. The molecule has 2 aromatic rings. The number of ether oxygens (including phenoxy) is 1. The maximum atomic E-state index is 13.8. The molecule has 20 heavy (non-hydrogen) atoms. The second-order valence-corrected chi connectivity index (χ2v) is 5.37. The van der Waals surface area contributed by atoms with E-state index in [4.69, 9.17) is 27.9 Å². The lowest BCUT2D eigenvalue weighted by Crippen LogP contribution is -2.02. The summed E-state index contributed by atoms with van der Waals surface area (Å²) in [6, 6.07) is 8.85. The summed E-state index contributed by atoms with van der Waals surface area (Å²) in [5.41, 5.74) is 3.46. The molecule has 0 saturated heterocycles. The van der Waals surface area contributed by atoms with Gasteiger partial charge < -0.3 is 4.74 Å². The van der Waals surface area contributed by atoms with Gasteiger partial charge in [0.05, 0.1) is 5.02 Å². The Morgan fingerprint density at radius 2 is 1.80 bits per heavy atom. The molecule has 0 unspecified atom stereocenters. The van der Waals surface area contributed by atoms with Crippen LogP contribution in [0.1, 0.15) is 22.3 Å². The van der Waals surface area contributed by atoms with Crippen molar-refractivity contribution in [1.82, 2.24) is 0 Å². The van der Waals surface area contributed by atoms with E-state index in [1.54, 1.807) is 12.1 Å². The Balaban J connectivity index is 2.21. The van der Waals surface area contributed by atoms with Gasteiger partial charge in [-0.25, -0.2) is 4.39 Å². The molecule has 0 N–H and O–H groups in total. The first-order chi connectivity index (χ1) is 9.52. The first-order valence-electron chi connectivity index (χ1n) is 6.24. The molecule has 0 bridgehead atoms. The van der Waals surface area contributed by atoms with Crippen LogP contribution in [0.25, 0.3) is 0 Å². The van der Waals surface area contributed by atoms with Crippen LogP contribution in [0.3, 0.4) is 0 Å². The highest BCUT2D eigenvalue weighted by atomic mass is 35.5. The molecule has 0 atom stereocenters. The predicted molar refractivity (Wildman–Crippen MR) is 81.2 cm³/mol. The molecule has 2 rings (SSSR count). The van der Waals surface area contributed by atoms with E-state index >= 15 is 0 Å². The van der Waals surface area contributed by atoms with Crippen molar-refractivity contribution in [1.29, 1.82) is 0 Å². The Hall–Kier alpha value is -1.25. The quantitative estimate of drug-likeness (QED) is 0.685. The second kappa shape index (κ2) is 6.47. The van der Waals surface area contributed by atoms with Gasteiger partial charge in [0.15, 0.2) is 0 Å². The lowest BCUT2D eigenvalue weighted by molar-refractivity contribution is 0.295. The normalized spacial score (nSPS) is 10.7. The van der Waals surface area contributed by atoms with Crippen molar-refractivity contribution in [3.63, 3.8) is 0 Å². The van der Waals surface area contributed by atoms with Gasteiger partial charge in [0, 0.05) is 11.4 Å². The van der Waals surface area contributed by atoms with Gasteiger partial charge in [-0.15, -0.1) is 11.6 Å². The second-order valence-electron chi connectivity index (χ2n) is 4.69. The summed E-state index contributed by atoms with van der Waals surface area (Å²) in [5.74, 6) is 0.797. The average Bonchev–Trinajstić information content (AvgIpc) is 2.42. The fraction of sp³-hybridized carbons (Fsp3) is 0.250. The van der Waals surface area contributed by atoms with Gasteiger partial charge in [-0.05, 0) is 36.6 Å². The van der Waals surface area contributed by atoms with E-state index < -0.39 is 5.82 Å². The van der Waals surface area contributed by atoms with Crippen LogP contribution in [0.4, 0.5) is 4.39 Å². The Kier molecular flexibility index (Phi) is 4.90. The topological polar surface area (TPSA) is 9.23 Å². The van der Waals surface area contributed by atoms with Gasteiger partial charge in [0.1, 0.15) is 18.2 Å². The Bertz CT molecular complexity index is 603. The molecule has 0 aliphatic rings. The largest absolute Gasteiger partial charge is 0.488 e. The summed E-state index contributed by atoms with van der Waals surface area (Å²) in [7, 11) is 0. The van der Waals surface area contributed by atoms with Crippen molar-refractivity contribution in [2.45, 2.75) is 26.3 Å². The van der Waals surface area contributed by atoms with E-state index in [2.05, 4.69) is 0 Å². The molecule has 0 fully saturated rings. The molecule has 0 radical (unpaired) electrons. The van der Waals surface area contributed by atoms with Crippen molar-refractivity contribution in [2.24, 2.45) is 0 Å². The molecule has 0 heterocycles. The number of benzene rings is 2. The summed E-state index contributed by atoms with van der Waals surface area (Å²) in [4.78, 5) is 0. The van der Waals surface area contributed by atoms with E-state index in [1.165, 1.54) is 6.07 Å². The van der Waals surface area contributed by atoms with Crippen molar-refractivity contribution in [2.75, 3.05) is 0 Å². The molecular weight excluding hydrogens is 298 g/mol. The third-order valence-electron chi connectivity index (χ3n) is 3.08. The van der Waals surface area contributed by atoms with E-state index in [0.29, 0.717) is 11.4 Å². The van der Waals surface area contributed by atoms with Crippen LogP contribution in [0.15, 0.2) is 30.3 Å². The summed E-state index contributed by atoms with van der Waals surface area (Å²) >= 11 is 11.6. The minimum atomic E-state index is -0.429. The number of hydrogen-bond donors (Lipinski definition) is 0. The van der Waals surface area contributed by atoms with Crippen molar-refractivity contribution in [3.05, 3.63) is 63.4 Å². The molecule has 0 aliphatic carbocycles. The SMILES string of the molecule is Cc1cc(CCl)cc(C)c1OCc1cccc(Cl)c1F. The monoisotopic (exact) mass is 312 g/mol. The van der Waals surface area contributed by atoms with Gasteiger partial charge in [0.25, 0.3) is 0 Å². The first-order valence-corrected chi connectivity index (χ1v) is 7.16. The molecule has 0 amide bonds. The predicted octanol–water partition coefficient (Wildman–Crippen LogP) is 5.41. The minimum Gasteiger partial charge on any atom is -0.488 e. The Labute approximate surface area is 128 Å². The average molecular weight is 313 g/mol. The van der Waals surface area contributed by atoms with Gasteiger partial charge in [-0.1, -0.05) is 35.9 Å². The molecular formula is C16H15Cl2FO. The Morgan fingerprint density at radius 3 is 2.40 bits per heavy atom. The smallest absolute Gasteiger partial charge is 0.148 e. The van der Waals surface area contributed by atoms with Gasteiger partial charge in [0.2, 0.25) is 0 Å². The molecule has 0 aromatic heterocycles. The molecule has 106 valence electrons. The van der Waals surface area contributed by atoms with E-state index in [0.717, 1.165) is 22.4 Å². The maximum Gasteiger partial charge on any atom is 0.148 e. The van der Waals surface area contributed by atoms with Crippen LogP contribution in [0.5, 0.6) is 5.75 Å². The first kappa shape index (κ1) is 15.1. The number of hydrogen-bond acceptors (Lipinski definition) is 1. The van der Waals surface area contributed by atoms with Crippen molar-refractivity contribution >= 4 is 23.2 Å². The maximum absolute atomic E-state index is 13.8. The van der Waals surface area contributed by atoms with Crippen LogP contribution in [0.2, 0.25) is 5.02 Å². The molecule has 0 aliphatic heterocycles. The molecule has 4 heteroatoms. The van der Waals surface area contributed by atoms with Crippen molar-refractivity contribution in [3.8, 4) is 5.75 Å². The van der Waals surface area contributed by atoms with Gasteiger partial charge in [-0.3, -0.25) is 0 Å². The zero-order valence-electron chi connectivity index (χ0n) is 11.3. The number of alkyl halides is 1. The zero-order valence-corrected chi connectivity index (χ0v) is 12.9. The highest BCUT2D eigenvalue weighted by Crippen LogP contribution is 2.27. The molecule has 1 nitrogen and oxygen atoms in total. The fourth-order valence-electron chi connectivity index (χ4n) is 2.15. The standard InChI is InChI=1S/C16H15Cl2FO/c1-10-6-12(8-17)7-11(2)16(10)20-9-13-4-3-5-14(18)15(13)19/h3-7H,8-9H2,1-2H3. The van der Waals surface area contributed by atoms with E-state index in [9.17, 15) is 4.39 Å². The van der Waals surface area contributed by atoms with Crippen molar-refractivity contribution < 1.29 is 9.13 Å². The van der Waals surface area contributed by atoms with Crippen LogP contribution in [0, 0.1) is 19.7 Å². The minimum absolute atomic E-state index is 0.108. The van der Waals surface area contributed by atoms with Crippen LogP contribution >= 0.6 is 23.2 Å². The summed E-state index contributed by atoms with van der Waals surface area (Å²) in [6.07, 6.45) is 0. The van der Waals surface area contributed by atoms with E-state index in [1.807, 2.05) is 26.0 Å². The zero-order chi connectivity index (χ0) is 14.7. The number of rotatable bonds is 4. The van der Waals surface area contributed by atoms with Gasteiger partial charge in [-0.2, -0.15) is 0 Å². The van der Waals surface area contributed by atoms with E-state index in [-0.39, 0.29) is 11.6 Å². The molecule has 2 aromatic carbocycles. The summed E-state index contributed by atoms with van der Waals surface area (Å²) < 4.78 is 19.5. The van der Waals surface area contributed by atoms with Crippen LogP contribution in [-0.4, -0.2) is 0 Å². The number of halogens is 3. The third-order valence-corrected chi connectivity index (χ3v) is 3.68. The summed E-state index contributed by atoms with van der Waals surface area (Å²) in [5, 5.41) is 0.108. The summed E-state index contributed by atoms with van der Waals surface area (Å²) in [6.45, 7) is 4.05. The molecule has 0 saturated carbocycles. The highest BCUT2D eigenvalue weighted by Gasteiger charge is 2.10. The van der Waals surface area contributed by atoms with Gasteiger partial charge >= 0.3 is 0 Å².